The van der Waals surface area contributed by atoms with Gasteiger partial charge in [-0.15, -0.1) is 0 Å². The first kappa shape index (κ1) is 16.2. The van der Waals surface area contributed by atoms with E-state index in [2.05, 4.69) is 31.0 Å². The van der Waals surface area contributed by atoms with Crippen molar-refractivity contribution in [1.29, 1.82) is 0 Å². The third kappa shape index (κ3) is 5.35. The molecule has 2 atom stereocenters. The second-order valence-corrected chi connectivity index (χ2v) is 7.17. The van der Waals surface area contributed by atoms with Crippen LogP contribution < -0.4 is 5.32 Å². The molecule has 1 aliphatic heterocycles. The Morgan fingerprint density at radius 1 is 1.26 bits per heavy atom. The molecule has 0 aromatic carbocycles. The fourth-order valence-corrected chi connectivity index (χ4v) is 2.13. The zero-order valence-corrected chi connectivity index (χ0v) is 12.9. The fraction of sp³-hybridized carbons (Fsp3) is 0.929. The van der Waals surface area contributed by atoms with Crippen molar-refractivity contribution in [3.05, 3.63) is 0 Å². The Kier molecular flexibility index (Phi) is 4.82. The van der Waals surface area contributed by atoms with Crippen LogP contribution in [0.15, 0.2) is 0 Å². The highest BCUT2D eigenvalue weighted by molar-refractivity contribution is 5.68. The van der Waals surface area contributed by atoms with Crippen LogP contribution in [0.5, 0.6) is 0 Å². The third-order valence-electron chi connectivity index (χ3n) is 3.18. The lowest BCUT2D eigenvalue weighted by Gasteiger charge is -2.43. The maximum absolute atomic E-state index is 13.9. The van der Waals surface area contributed by atoms with E-state index in [1.54, 1.807) is 20.8 Å². The fourth-order valence-electron chi connectivity index (χ4n) is 2.13. The number of amides is 1. The maximum atomic E-state index is 13.9. The van der Waals surface area contributed by atoms with Gasteiger partial charge in [-0.1, -0.05) is 0 Å². The van der Waals surface area contributed by atoms with Gasteiger partial charge < -0.3 is 10.1 Å². The molecular formula is C14H27FN2O2. The standard InChI is InChI=1S/C14H27FN2O2/c1-13(2,3)17-8-7-10(15)11(9-17)16-12(18)19-14(4,5)6/h10-11H,7-9H2,1-6H3,(H,16,18)/t10-,11-/m1/s1. The molecular weight excluding hydrogens is 247 g/mol. The minimum Gasteiger partial charge on any atom is -0.444 e. The Bertz CT molecular complexity index is 320. The molecule has 4 nitrogen and oxygen atoms in total. The minimum atomic E-state index is -1.01. The van der Waals surface area contributed by atoms with Gasteiger partial charge in [0.25, 0.3) is 0 Å². The Morgan fingerprint density at radius 2 is 1.84 bits per heavy atom. The molecule has 0 aromatic rings. The van der Waals surface area contributed by atoms with Crippen LogP contribution in [0.3, 0.4) is 0 Å². The summed E-state index contributed by atoms with van der Waals surface area (Å²) in [5.74, 6) is 0. The molecule has 19 heavy (non-hydrogen) atoms. The summed E-state index contributed by atoms with van der Waals surface area (Å²) >= 11 is 0. The van der Waals surface area contributed by atoms with Gasteiger partial charge in [-0.2, -0.15) is 0 Å². The summed E-state index contributed by atoms with van der Waals surface area (Å²) in [6.45, 7) is 12.9. The zero-order valence-electron chi connectivity index (χ0n) is 12.9. The van der Waals surface area contributed by atoms with E-state index in [9.17, 15) is 9.18 Å². The highest BCUT2D eigenvalue weighted by Gasteiger charge is 2.35. The number of alkyl halides is 1. The second kappa shape index (κ2) is 5.65. The first-order valence-corrected chi connectivity index (χ1v) is 6.88. The second-order valence-electron chi connectivity index (χ2n) is 7.17. The van der Waals surface area contributed by atoms with Gasteiger partial charge in [0.05, 0.1) is 6.04 Å². The summed E-state index contributed by atoms with van der Waals surface area (Å²) in [5.41, 5.74) is -0.581. The predicted molar refractivity (Wildman–Crippen MR) is 74.0 cm³/mol. The molecule has 1 amide bonds. The molecule has 1 heterocycles. The number of nitrogens with zero attached hydrogens (tertiary/aromatic N) is 1. The van der Waals surface area contributed by atoms with E-state index in [4.69, 9.17) is 4.74 Å². The number of ether oxygens (including phenoxy) is 1. The number of rotatable bonds is 1. The lowest BCUT2D eigenvalue weighted by Crippen LogP contribution is -2.58. The summed E-state index contributed by atoms with van der Waals surface area (Å²) in [6, 6.07) is -0.497. The normalized spacial score (nSPS) is 26.1. The minimum absolute atomic E-state index is 0.0198. The number of hydrogen-bond donors (Lipinski definition) is 1. The van der Waals surface area contributed by atoms with Crippen LogP contribution >= 0.6 is 0 Å². The quantitative estimate of drug-likeness (QED) is 0.799. The van der Waals surface area contributed by atoms with Gasteiger partial charge >= 0.3 is 6.09 Å². The summed E-state index contributed by atoms with van der Waals surface area (Å²) < 4.78 is 19.1. The SMILES string of the molecule is CC(C)(C)OC(=O)N[C@@H]1CN(C(C)(C)C)CC[C@H]1F. The Hall–Kier alpha value is -0.840. The Labute approximate surface area is 115 Å². The summed E-state index contributed by atoms with van der Waals surface area (Å²) in [7, 11) is 0. The van der Waals surface area contributed by atoms with E-state index in [0.29, 0.717) is 13.0 Å². The topological polar surface area (TPSA) is 41.6 Å². The van der Waals surface area contributed by atoms with Gasteiger partial charge in [0.1, 0.15) is 11.8 Å². The van der Waals surface area contributed by atoms with Gasteiger partial charge in [0.2, 0.25) is 0 Å². The van der Waals surface area contributed by atoms with Crippen molar-refractivity contribution >= 4 is 6.09 Å². The van der Waals surface area contributed by atoms with Crippen LogP contribution in [0.4, 0.5) is 9.18 Å². The van der Waals surface area contributed by atoms with Crippen LogP contribution in [-0.4, -0.2) is 47.4 Å². The molecule has 0 bridgehead atoms. The number of carbonyl (C=O) groups excluding carboxylic acids is 1. The largest absolute Gasteiger partial charge is 0.444 e. The number of nitrogens with one attached hydrogen (secondary N) is 1. The predicted octanol–water partition coefficient (Wildman–Crippen LogP) is 2.72. The number of likely N-dealkylation sites (tertiary alicyclic amines) is 1. The third-order valence-corrected chi connectivity index (χ3v) is 3.18. The van der Waals surface area contributed by atoms with E-state index in [0.717, 1.165) is 6.54 Å². The number of alkyl carbamates (subject to hydrolysis) is 1. The zero-order chi connectivity index (χ0) is 14.8. The van der Waals surface area contributed by atoms with Crippen LogP contribution in [-0.2, 0) is 4.74 Å². The number of carbonyl (C=O) groups is 1. The van der Waals surface area contributed by atoms with Crippen molar-refractivity contribution in [2.75, 3.05) is 13.1 Å². The van der Waals surface area contributed by atoms with E-state index in [1.165, 1.54) is 0 Å². The van der Waals surface area contributed by atoms with Crippen LogP contribution in [0.1, 0.15) is 48.0 Å². The Balaban J connectivity index is 2.58. The number of piperidine rings is 1. The van der Waals surface area contributed by atoms with E-state index in [1.807, 2.05) is 0 Å². The highest BCUT2D eigenvalue weighted by Crippen LogP contribution is 2.22. The van der Waals surface area contributed by atoms with Gasteiger partial charge in [-0.25, -0.2) is 9.18 Å². The van der Waals surface area contributed by atoms with Gasteiger partial charge in [0.15, 0.2) is 0 Å². The first-order chi connectivity index (χ1) is 8.49. The summed E-state index contributed by atoms with van der Waals surface area (Å²) in [4.78, 5) is 13.9. The molecule has 1 fully saturated rings. The molecule has 1 saturated heterocycles. The van der Waals surface area contributed by atoms with Crippen molar-refractivity contribution < 1.29 is 13.9 Å². The summed E-state index contributed by atoms with van der Waals surface area (Å²) in [6.07, 6.45) is -1.11. The molecule has 0 saturated carbocycles. The van der Waals surface area contributed by atoms with E-state index >= 15 is 0 Å². The average Bonchev–Trinajstić information content (AvgIpc) is 2.16. The molecule has 1 rings (SSSR count). The monoisotopic (exact) mass is 274 g/mol. The van der Waals surface area contributed by atoms with E-state index in [-0.39, 0.29) is 5.54 Å². The molecule has 0 spiro atoms. The van der Waals surface area contributed by atoms with Gasteiger partial charge in [-0.05, 0) is 48.0 Å². The van der Waals surface area contributed by atoms with Gasteiger partial charge in [-0.3, -0.25) is 4.90 Å². The molecule has 112 valence electrons. The van der Waals surface area contributed by atoms with Crippen molar-refractivity contribution in [2.45, 2.75) is 71.3 Å². The molecule has 5 heteroatoms. The number of hydrogen-bond acceptors (Lipinski definition) is 3. The first-order valence-electron chi connectivity index (χ1n) is 6.88. The molecule has 0 unspecified atom stereocenters. The van der Waals surface area contributed by atoms with Crippen molar-refractivity contribution in [3.63, 3.8) is 0 Å². The van der Waals surface area contributed by atoms with Crippen LogP contribution in [0, 0.1) is 0 Å². The molecule has 1 N–H and O–H groups in total. The Morgan fingerprint density at radius 3 is 2.32 bits per heavy atom. The van der Waals surface area contributed by atoms with Crippen LogP contribution in [0.25, 0.3) is 0 Å². The van der Waals surface area contributed by atoms with Crippen molar-refractivity contribution in [3.8, 4) is 0 Å². The van der Waals surface area contributed by atoms with Crippen LogP contribution in [0.2, 0.25) is 0 Å². The lowest BCUT2D eigenvalue weighted by molar-refractivity contribution is 0.0249. The van der Waals surface area contributed by atoms with Crippen molar-refractivity contribution in [1.82, 2.24) is 10.2 Å². The molecule has 0 aliphatic carbocycles. The van der Waals surface area contributed by atoms with Gasteiger partial charge in [0, 0.05) is 18.6 Å². The summed E-state index contributed by atoms with van der Waals surface area (Å²) in [5, 5.41) is 2.65. The average molecular weight is 274 g/mol. The van der Waals surface area contributed by atoms with Crippen molar-refractivity contribution in [2.24, 2.45) is 0 Å². The molecule has 0 aromatic heterocycles. The highest BCUT2D eigenvalue weighted by atomic mass is 19.1. The lowest BCUT2D eigenvalue weighted by atomic mass is 9.97. The smallest absolute Gasteiger partial charge is 0.408 e. The number of halogens is 1. The van der Waals surface area contributed by atoms with E-state index < -0.39 is 23.9 Å². The molecule has 0 radical (unpaired) electrons. The maximum Gasteiger partial charge on any atom is 0.408 e. The molecule has 1 aliphatic rings.